The van der Waals surface area contributed by atoms with Crippen LogP contribution in [-0.4, -0.2) is 15.8 Å². The number of benzene rings is 1. The lowest BCUT2D eigenvalue weighted by molar-refractivity contribution is 0.460. The number of ether oxygens (including phenoxy) is 1. The number of para-hydroxylation sites is 1. The molecule has 1 aromatic carbocycles. The topological polar surface area (TPSA) is 84.9 Å². The molecule has 0 atom stereocenters. The van der Waals surface area contributed by atoms with Crippen LogP contribution in [0.4, 0.5) is 0 Å². The van der Waals surface area contributed by atoms with Gasteiger partial charge in [-0.25, -0.2) is 4.98 Å². The fraction of sp³-hybridized carbons (Fsp3) is 0. The van der Waals surface area contributed by atoms with Crippen molar-refractivity contribution in [1.29, 1.82) is 5.41 Å². The summed E-state index contributed by atoms with van der Waals surface area (Å²) in [4.78, 5) is 8.42. The molecule has 0 saturated heterocycles. The Balaban J connectivity index is 1.99. The van der Waals surface area contributed by atoms with Crippen molar-refractivity contribution in [3.05, 3.63) is 60.4 Å². The second-order valence-corrected chi connectivity index (χ2v) is 4.24. The van der Waals surface area contributed by atoms with E-state index in [0.29, 0.717) is 17.2 Å². The van der Waals surface area contributed by atoms with Gasteiger partial charge in [-0.2, -0.15) is 0 Å². The lowest BCUT2D eigenvalue weighted by Crippen LogP contribution is -2.12. The molecule has 98 valence electrons. The Morgan fingerprint density at radius 1 is 1.10 bits per heavy atom. The van der Waals surface area contributed by atoms with Gasteiger partial charge in [-0.15, -0.1) is 0 Å². The van der Waals surface area contributed by atoms with Crippen LogP contribution in [0.3, 0.4) is 0 Å². The number of rotatable bonds is 3. The quantitative estimate of drug-likeness (QED) is 0.562. The summed E-state index contributed by atoms with van der Waals surface area (Å²) in [5, 5.41) is 8.49. The van der Waals surface area contributed by atoms with Crippen LogP contribution >= 0.6 is 0 Å². The predicted molar refractivity (Wildman–Crippen MR) is 77.1 cm³/mol. The number of fused-ring (bicyclic) bond motifs is 1. The van der Waals surface area contributed by atoms with E-state index >= 15 is 0 Å². The van der Waals surface area contributed by atoms with Gasteiger partial charge < -0.3 is 10.5 Å². The number of nitrogen functional groups attached to an aromatic ring is 1. The van der Waals surface area contributed by atoms with Crippen LogP contribution in [0.25, 0.3) is 10.9 Å². The molecule has 0 spiro atoms. The SMILES string of the molecule is N=C(N)c1cccnc1Oc1cnc2ccccc2c1. The summed E-state index contributed by atoms with van der Waals surface area (Å²) in [6.45, 7) is 0. The molecule has 0 saturated carbocycles. The van der Waals surface area contributed by atoms with Crippen molar-refractivity contribution in [2.75, 3.05) is 0 Å². The minimum atomic E-state index is -0.0816. The first kappa shape index (κ1) is 12.1. The first-order valence-corrected chi connectivity index (χ1v) is 6.06. The Kier molecular flexibility index (Phi) is 3.01. The third-order valence-corrected chi connectivity index (χ3v) is 2.84. The highest BCUT2D eigenvalue weighted by atomic mass is 16.5. The Morgan fingerprint density at radius 3 is 2.80 bits per heavy atom. The largest absolute Gasteiger partial charge is 0.437 e. The van der Waals surface area contributed by atoms with E-state index in [1.807, 2.05) is 30.3 Å². The van der Waals surface area contributed by atoms with Gasteiger partial charge in [0.25, 0.3) is 0 Å². The number of nitrogens with two attached hydrogens (primary N) is 1. The smallest absolute Gasteiger partial charge is 0.230 e. The molecule has 2 aromatic heterocycles. The summed E-state index contributed by atoms with van der Waals surface area (Å²) < 4.78 is 5.68. The minimum absolute atomic E-state index is 0.0816. The number of hydrogen-bond donors (Lipinski definition) is 2. The summed E-state index contributed by atoms with van der Waals surface area (Å²) in [5.41, 5.74) is 6.86. The number of nitrogens with one attached hydrogen (secondary N) is 1. The number of pyridine rings is 2. The fourth-order valence-electron chi connectivity index (χ4n) is 1.90. The summed E-state index contributed by atoms with van der Waals surface area (Å²) >= 11 is 0. The van der Waals surface area contributed by atoms with Gasteiger partial charge in [-0.3, -0.25) is 10.4 Å². The lowest BCUT2D eigenvalue weighted by atomic mass is 10.2. The monoisotopic (exact) mass is 264 g/mol. The second kappa shape index (κ2) is 4.97. The van der Waals surface area contributed by atoms with E-state index in [0.717, 1.165) is 10.9 Å². The number of amidine groups is 1. The van der Waals surface area contributed by atoms with Gasteiger partial charge >= 0.3 is 0 Å². The van der Waals surface area contributed by atoms with Crippen LogP contribution in [0.15, 0.2) is 54.9 Å². The van der Waals surface area contributed by atoms with Gasteiger partial charge in [-0.05, 0) is 24.3 Å². The van der Waals surface area contributed by atoms with Gasteiger partial charge in [0.15, 0.2) is 0 Å². The van der Waals surface area contributed by atoms with Crippen molar-refractivity contribution in [3.63, 3.8) is 0 Å². The molecule has 2 heterocycles. The second-order valence-electron chi connectivity index (χ2n) is 4.24. The van der Waals surface area contributed by atoms with Crippen LogP contribution in [0.2, 0.25) is 0 Å². The Morgan fingerprint density at radius 2 is 1.95 bits per heavy atom. The molecule has 3 N–H and O–H groups in total. The van der Waals surface area contributed by atoms with E-state index in [1.54, 1.807) is 24.5 Å². The van der Waals surface area contributed by atoms with Crippen molar-refractivity contribution in [1.82, 2.24) is 9.97 Å². The molecule has 0 amide bonds. The van der Waals surface area contributed by atoms with Gasteiger partial charge in [0, 0.05) is 11.6 Å². The maximum Gasteiger partial charge on any atom is 0.230 e. The van der Waals surface area contributed by atoms with Crippen molar-refractivity contribution in [2.24, 2.45) is 5.73 Å². The van der Waals surface area contributed by atoms with Crippen molar-refractivity contribution >= 4 is 16.7 Å². The molecule has 5 nitrogen and oxygen atoms in total. The third kappa shape index (κ3) is 2.29. The normalized spacial score (nSPS) is 10.4. The van der Waals surface area contributed by atoms with E-state index < -0.39 is 0 Å². The number of hydrogen-bond acceptors (Lipinski definition) is 4. The van der Waals surface area contributed by atoms with Crippen LogP contribution in [0.1, 0.15) is 5.56 Å². The Hall–Kier alpha value is -2.95. The average Bonchev–Trinajstić information content (AvgIpc) is 2.47. The molecular weight excluding hydrogens is 252 g/mol. The number of nitrogens with zero attached hydrogens (tertiary/aromatic N) is 2. The zero-order valence-corrected chi connectivity index (χ0v) is 10.6. The first-order valence-electron chi connectivity index (χ1n) is 6.06. The molecule has 0 unspecified atom stereocenters. The lowest BCUT2D eigenvalue weighted by Gasteiger charge is -2.08. The summed E-state index contributed by atoms with van der Waals surface area (Å²) in [7, 11) is 0. The molecule has 3 rings (SSSR count). The fourth-order valence-corrected chi connectivity index (χ4v) is 1.90. The van der Waals surface area contributed by atoms with Gasteiger partial charge in [-0.1, -0.05) is 18.2 Å². The molecule has 0 bridgehead atoms. The van der Waals surface area contributed by atoms with E-state index in [4.69, 9.17) is 15.9 Å². The molecule has 20 heavy (non-hydrogen) atoms. The molecule has 0 fully saturated rings. The van der Waals surface area contributed by atoms with Crippen molar-refractivity contribution in [2.45, 2.75) is 0 Å². The maximum absolute atomic E-state index is 7.52. The zero-order chi connectivity index (χ0) is 13.9. The Bertz CT molecular complexity index is 785. The zero-order valence-electron chi connectivity index (χ0n) is 10.6. The molecule has 3 aromatic rings. The summed E-state index contributed by atoms with van der Waals surface area (Å²) in [6.07, 6.45) is 3.22. The Labute approximate surface area is 115 Å². The molecule has 0 radical (unpaired) electrons. The number of aromatic nitrogens is 2. The molecule has 5 heteroatoms. The summed E-state index contributed by atoms with van der Waals surface area (Å²) in [5.74, 6) is 0.781. The van der Waals surface area contributed by atoms with Gasteiger partial charge in [0.05, 0.1) is 17.3 Å². The van der Waals surface area contributed by atoms with Crippen LogP contribution in [-0.2, 0) is 0 Å². The van der Waals surface area contributed by atoms with E-state index in [1.165, 1.54) is 0 Å². The molecule has 0 aliphatic carbocycles. The van der Waals surface area contributed by atoms with Crippen LogP contribution in [0, 0.1) is 5.41 Å². The standard InChI is InChI=1S/C15H12N4O/c16-14(17)12-5-3-7-18-15(12)20-11-8-10-4-1-2-6-13(10)19-9-11/h1-9H,(H3,16,17). The summed E-state index contributed by atoms with van der Waals surface area (Å²) in [6, 6.07) is 13.0. The van der Waals surface area contributed by atoms with Crippen LogP contribution < -0.4 is 10.5 Å². The highest BCUT2D eigenvalue weighted by Gasteiger charge is 2.09. The third-order valence-electron chi connectivity index (χ3n) is 2.84. The molecule has 0 aliphatic rings. The van der Waals surface area contributed by atoms with Crippen molar-refractivity contribution in [3.8, 4) is 11.6 Å². The van der Waals surface area contributed by atoms with E-state index in [9.17, 15) is 0 Å². The van der Waals surface area contributed by atoms with Crippen LogP contribution in [0.5, 0.6) is 11.6 Å². The van der Waals surface area contributed by atoms with E-state index in [2.05, 4.69) is 9.97 Å². The predicted octanol–water partition coefficient (Wildman–Crippen LogP) is 2.71. The highest BCUT2D eigenvalue weighted by Crippen LogP contribution is 2.24. The van der Waals surface area contributed by atoms with Gasteiger partial charge in [0.2, 0.25) is 5.88 Å². The molecular formula is C15H12N4O. The first-order chi connectivity index (χ1) is 9.74. The maximum atomic E-state index is 7.52. The minimum Gasteiger partial charge on any atom is -0.437 e. The van der Waals surface area contributed by atoms with Crippen molar-refractivity contribution < 1.29 is 4.74 Å². The highest BCUT2D eigenvalue weighted by molar-refractivity contribution is 5.97. The molecule has 0 aliphatic heterocycles. The average molecular weight is 264 g/mol. The van der Waals surface area contributed by atoms with E-state index in [-0.39, 0.29) is 5.84 Å². The van der Waals surface area contributed by atoms with Gasteiger partial charge in [0.1, 0.15) is 11.6 Å².